The van der Waals surface area contributed by atoms with Gasteiger partial charge in [-0.25, -0.2) is 50.5 Å². The zero-order valence-corrected chi connectivity index (χ0v) is 81.5. The summed E-state index contributed by atoms with van der Waals surface area (Å²) in [5.74, 6) is 0.455. The number of nitrogens with one attached hydrogen (secondary N) is 6. The molecule has 1 aromatic heterocycles. The number of nitrogens with zero attached hydrogens (tertiary/aromatic N) is 1. The third kappa shape index (κ3) is 26.4. The topological polar surface area (TPSA) is 411 Å². The van der Waals surface area contributed by atoms with Gasteiger partial charge in [0.15, 0.2) is 0 Å². The zero-order valence-electron chi connectivity index (χ0n) is 76.6. The van der Waals surface area contributed by atoms with Crippen LogP contribution in [0.15, 0.2) is 412 Å². The van der Waals surface area contributed by atoms with Crippen LogP contribution in [-0.4, -0.2) is 86.1 Å². The van der Waals surface area contributed by atoms with Crippen molar-refractivity contribution < 1.29 is 81.1 Å². The second kappa shape index (κ2) is 42.8. The van der Waals surface area contributed by atoms with Crippen LogP contribution in [0.5, 0.6) is 34.5 Å². The van der Waals surface area contributed by atoms with Crippen LogP contribution in [0.2, 0.25) is 0 Å². The standard InChI is InChI=1S/C20H15NO3S.C19H20N2O3S.C18H17NO3S.C18H15NO3S.C17H15NO3S.C16H19NO3S/c22-17-10-8-15-6-3-7-20(19(15)13-17)21-25(23,24)18-11-9-14-4-1-2-5-16(14)12-18;1-19(2,3)13-6-8-14(9-7-13)25(23,24)21-16-10-11-17(22)18-15(16)5-4-12-20-18;1-2-13-6-10-16(11-7-13)23(21,22)19-18-5-3-4-14-8-9-15(20)12-17(14)18;20-17-10-8-16(9-11-17)19-23(21,22)18-12-6-15(7-13-18)14-4-2-1-3-5-14;1-12-5-9-15(10-6-12)22(20,21)18-17-4-2-3-13-7-8-14(19)11-16(13)17;1-16(2,3)12-4-10-15(11-5-12)21(19,20)17-13-6-8-14(18)9-7-13/h1-13,21-22H;4-12,21-22H,1-3H3;3-12,19-20H,2H2,1H3;1-13,19-20H;2-11,18-19H,1H3;4-11,17-18H,1-3H3. The average Bonchev–Trinajstić information content (AvgIpc) is 0.790. The predicted molar refractivity (Wildman–Crippen MR) is 554 cm³/mol. The summed E-state index contributed by atoms with van der Waals surface area (Å²) in [6.07, 6.45) is 2.40. The first-order valence-corrected chi connectivity index (χ1v) is 52.3. The van der Waals surface area contributed by atoms with Gasteiger partial charge in [0.2, 0.25) is 0 Å². The van der Waals surface area contributed by atoms with Gasteiger partial charge in [0.25, 0.3) is 60.1 Å². The maximum absolute atomic E-state index is 12.8. The van der Waals surface area contributed by atoms with Gasteiger partial charge in [-0.15, -0.1) is 0 Å². The largest absolute Gasteiger partial charge is 0.508 e. The van der Waals surface area contributed by atoms with Gasteiger partial charge < -0.3 is 30.6 Å². The number of anilines is 6. The second-order valence-electron chi connectivity index (χ2n) is 34.2. The molecule has 1 heterocycles. The third-order valence-corrected chi connectivity index (χ3v) is 30.2. The molecular weight excluding hydrogens is 1880 g/mol. The number of phenolic OH excluding ortho intramolecular Hbond substituents is 6. The molecular formula is C108H101N7O18S6. The summed E-state index contributed by atoms with van der Waals surface area (Å²) in [4.78, 5) is 5.30. The number of aryl methyl sites for hydroxylation is 2. The minimum absolute atomic E-state index is 0.00748. The minimum Gasteiger partial charge on any atom is -0.508 e. The second-order valence-corrected chi connectivity index (χ2v) is 44.2. The average molecular weight is 1980 g/mol. The highest BCUT2D eigenvalue weighted by atomic mass is 32.2. The summed E-state index contributed by atoms with van der Waals surface area (Å²) < 4.78 is 166. The molecule has 0 spiro atoms. The summed E-state index contributed by atoms with van der Waals surface area (Å²) in [7, 11) is -22.1. The first kappa shape index (κ1) is 101. The van der Waals surface area contributed by atoms with Gasteiger partial charge in [-0.2, -0.15) is 0 Å². The zero-order chi connectivity index (χ0) is 99.8. The SMILES string of the molecule is CC(C)(C)c1ccc(S(=O)(=O)Nc2ccc(O)c3ncccc23)cc1.CC(C)(C)c1ccc(S(=O)(=O)Nc2ccc(O)cc2)cc1.CCc1ccc(S(=O)(=O)Nc2cccc3ccc(O)cc23)cc1.Cc1ccc(S(=O)(=O)Nc2cccc3ccc(O)cc23)cc1.O=S(=O)(Nc1ccc(O)cc1)c1ccc(-c2ccccc2)cc1.O=S(=O)(Nc1cccc2ccc(O)cc12)c1ccc2ccccc2c1. The molecule has 0 fully saturated rings. The summed E-state index contributed by atoms with van der Waals surface area (Å²) in [5, 5.41) is 64.2. The lowest BCUT2D eigenvalue weighted by Gasteiger charge is -2.19. The van der Waals surface area contributed by atoms with Crippen molar-refractivity contribution in [1.82, 2.24) is 4.98 Å². The van der Waals surface area contributed by atoms with Gasteiger partial charge in [0.05, 0.1) is 52.1 Å². The summed E-state index contributed by atoms with van der Waals surface area (Å²) in [6, 6.07) is 105. The summed E-state index contributed by atoms with van der Waals surface area (Å²) >= 11 is 0. The van der Waals surface area contributed by atoms with Gasteiger partial charge >= 0.3 is 0 Å². The van der Waals surface area contributed by atoms with E-state index in [4.69, 9.17) is 0 Å². The Morgan fingerprint density at radius 3 is 0.971 bits per heavy atom. The molecule has 0 aliphatic rings. The molecule has 0 saturated carbocycles. The van der Waals surface area contributed by atoms with E-state index in [-0.39, 0.29) is 74.7 Å². The Kier molecular flexibility index (Phi) is 31.1. The number of fused-ring (bicyclic) bond motifs is 5. The highest BCUT2D eigenvalue weighted by Gasteiger charge is 2.25. The van der Waals surface area contributed by atoms with Crippen molar-refractivity contribution in [2.24, 2.45) is 0 Å². The molecule has 17 aromatic carbocycles. The van der Waals surface area contributed by atoms with Crippen molar-refractivity contribution in [1.29, 1.82) is 0 Å². The fraction of sp³-hybridized carbons (Fsp3) is 0.102. The van der Waals surface area contributed by atoms with Crippen LogP contribution in [0.4, 0.5) is 34.1 Å². The molecule has 139 heavy (non-hydrogen) atoms. The molecule has 25 nitrogen and oxygen atoms in total. The van der Waals surface area contributed by atoms with Crippen molar-refractivity contribution in [3.05, 3.63) is 405 Å². The maximum atomic E-state index is 12.8. The minimum atomic E-state index is -3.74. The Morgan fingerprint density at radius 2 is 0.576 bits per heavy atom. The molecule has 18 rings (SSSR count). The van der Waals surface area contributed by atoms with Crippen LogP contribution in [0, 0.1) is 6.92 Å². The normalized spacial score (nSPS) is 11.7. The molecule has 0 aliphatic heterocycles. The summed E-state index contributed by atoms with van der Waals surface area (Å²) in [6.45, 7) is 16.4. The van der Waals surface area contributed by atoms with E-state index in [0.717, 1.165) is 66.7 Å². The lowest BCUT2D eigenvalue weighted by Crippen LogP contribution is -2.15. The van der Waals surface area contributed by atoms with E-state index in [9.17, 15) is 81.1 Å². The molecule has 0 atom stereocenters. The Labute approximate surface area is 808 Å². The van der Waals surface area contributed by atoms with Gasteiger partial charge in [0.1, 0.15) is 40.0 Å². The molecule has 31 heteroatoms. The molecule has 0 bridgehead atoms. The number of phenols is 6. The Balaban J connectivity index is 0.000000141. The van der Waals surface area contributed by atoms with E-state index in [1.165, 1.54) is 60.7 Å². The lowest BCUT2D eigenvalue weighted by atomic mass is 9.87. The number of pyridine rings is 1. The van der Waals surface area contributed by atoms with Crippen LogP contribution in [0.25, 0.3) is 65.1 Å². The highest BCUT2D eigenvalue weighted by molar-refractivity contribution is 7.94. The van der Waals surface area contributed by atoms with E-state index in [0.29, 0.717) is 61.2 Å². The number of hydrogen-bond donors (Lipinski definition) is 12. The Bertz CT molecular complexity index is 8200. The van der Waals surface area contributed by atoms with E-state index in [2.05, 4.69) is 74.9 Å². The fourth-order valence-corrected chi connectivity index (χ4v) is 20.8. The Morgan fingerprint density at radius 1 is 0.259 bits per heavy atom. The van der Waals surface area contributed by atoms with Crippen molar-refractivity contribution in [3.63, 3.8) is 0 Å². The van der Waals surface area contributed by atoms with Crippen molar-refractivity contribution in [2.75, 3.05) is 28.3 Å². The van der Waals surface area contributed by atoms with E-state index in [1.54, 1.807) is 212 Å². The van der Waals surface area contributed by atoms with Crippen LogP contribution in [0.3, 0.4) is 0 Å². The number of sulfonamides is 6. The third-order valence-electron chi connectivity index (χ3n) is 21.9. The van der Waals surface area contributed by atoms with Crippen LogP contribution >= 0.6 is 0 Å². The number of aromatic hydroxyl groups is 6. The molecule has 0 radical (unpaired) electrons. The van der Waals surface area contributed by atoms with E-state index in [1.807, 2.05) is 123 Å². The van der Waals surface area contributed by atoms with Gasteiger partial charge in [-0.3, -0.25) is 33.3 Å². The van der Waals surface area contributed by atoms with Crippen molar-refractivity contribution in [3.8, 4) is 45.6 Å². The molecule has 0 saturated heterocycles. The highest BCUT2D eigenvalue weighted by Crippen LogP contribution is 2.37. The smallest absolute Gasteiger partial charge is 0.261 e. The first-order chi connectivity index (χ1) is 65.9. The maximum Gasteiger partial charge on any atom is 0.261 e. The van der Waals surface area contributed by atoms with Crippen LogP contribution in [-0.2, 0) is 77.4 Å². The van der Waals surface area contributed by atoms with Crippen LogP contribution in [0.1, 0.15) is 70.7 Å². The first-order valence-electron chi connectivity index (χ1n) is 43.4. The monoisotopic (exact) mass is 1980 g/mol. The van der Waals surface area contributed by atoms with E-state index < -0.39 is 60.1 Å². The number of benzene rings is 17. The number of hydrogen-bond acceptors (Lipinski definition) is 19. The number of aromatic nitrogens is 1. The fourth-order valence-electron chi connectivity index (χ4n) is 14.3. The molecule has 0 amide bonds. The molecule has 12 N–H and O–H groups in total. The van der Waals surface area contributed by atoms with Gasteiger partial charge in [-0.1, -0.05) is 230 Å². The summed E-state index contributed by atoms with van der Waals surface area (Å²) in [5.41, 5.74) is 8.98. The van der Waals surface area contributed by atoms with Gasteiger partial charge in [-0.05, 0) is 279 Å². The van der Waals surface area contributed by atoms with Crippen LogP contribution < -0.4 is 28.3 Å². The number of rotatable bonds is 20. The van der Waals surface area contributed by atoms with Crippen molar-refractivity contribution in [2.45, 2.75) is 102 Å². The van der Waals surface area contributed by atoms with Crippen molar-refractivity contribution >= 4 is 148 Å². The Hall–Kier alpha value is -15.5. The lowest BCUT2D eigenvalue weighted by molar-refractivity contribution is 0.475. The molecule has 0 unspecified atom stereocenters. The van der Waals surface area contributed by atoms with E-state index >= 15 is 0 Å². The predicted octanol–water partition coefficient (Wildman–Crippen LogP) is 23.5. The molecule has 0 aliphatic carbocycles. The van der Waals surface area contributed by atoms with Gasteiger partial charge in [0, 0.05) is 39.1 Å². The molecule has 18 aromatic rings. The quantitative estimate of drug-likeness (QED) is 0.0315. The molecule has 712 valence electrons.